The predicted octanol–water partition coefficient (Wildman–Crippen LogP) is 2.26. The Kier molecular flexibility index (Phi) is 8.55. The molecule has 1 heterocycles. The first kappa shape index (κ1) is 21.5. The predicted molar refractivity (Wildman–Crippen MR) is 107 cm³/mol. The van der Waals surface area contributed by atoms with E-state index in [0.29, 0.717) is 50.6 Å². The molecular weight excluding hydrogens is 360 g/mol. The number of pyridine rings is 1. The number of methoxy groups -OCH3 is 1. The lowest BCUT2D eigenvalue weighted by Crippen LogP contribution is -2.28. The smallest absolute Gasteiger partial charge is 0.252 e. The van der Waals surface area contributed by atoms with Gasteiger partial charge >= 0.3 is 0 Å². The molecule has 1 aromatic heterocycles. The lowest BCUT2D eigenvalue weighted by Gasteiger charge is -2.13. The van der Waals surface area contributed by atoms with E-state index < -0.39 is 0 Å². The second-order valence-corrected chi connectivity index (χ2v) is 6.10. The standard InChI is InChI=1S/C21H28N2O5/c1-4-27-18-8-6-16(14-19(18)28-5-2)10-11-22-21(25)17-7-9-20(24)23(15-17)12-13-26-3/h6-9,14-15H,4-5,10-13H2,1-3H3,(H,22,25). The summed E-state index contributed by atoms with van der Waals surface area (Å²) in [6, 6.07) is 8.71. The van der Waals surface area contributed by atoms with Crippen LogP contribution in [0.5, 0.6) is 11.5 Å². The molecule has 2 rings (SSSR count). The molecule has 2 aromatic rings. The summed E-state index contributed by atoms with van der Waals surface area (Å²) in [4.78, 5) is 24.2. The molecule has 0 bridgehead atoms. The van der Waals surface area contributed by atoms with E-state index in [9.17, 15) is 9.59 Å². The summed E-state index contributed by atoms with van der Waals surface area (Å²) in [5.41, 5.74) is 1.32. The molecule has 0 spiro atoms. The molecule has 0 atom stereocenters. The Labute approximate surface area is 165 Å². The number of amides is 1. The number of rotatable bonds is 11. The summed E-state index contributed by atoms with van der Waals surface area (Å²) in [6.07, 6.45) is 2.21. The molecule has 0 aliphatic carbocycles. The van der Waals surface area contributed by atoms with E-state index in [1.807, 2.05) is 32.0 Å². The second kappa shape index (κ2) is 11.1. The number of nitrogens with zero attached hydrogens (tertiary/aromatic N) is 1. The van der Waals surface area contributed by atoms with Gasteiger partial charge in [0.05, 0.1) is 25.4 Å². The van der Waals surface area contributed by atoms with E-state index in [0.717, 1.165) is 11.3 Å². The van der Waals surface area contributed by atoms with E-state index >= 15 is 0 Å². The van der Waals surface area contributed by atoms with Crippen LogP contribution in [0, 0.1) is 0 Å². The third kappa shape index (κ3) is 6.13. The van der Waals surface area contributed by atoms with E-state index in [1.165, 1.54) is 16.7 Å². The number of carbonyl (C=O) groups is 1. The van der Waals surface area contributed by atoms with Crippen molar-refractivity contribution in [2.75, 3.05) is 33.5 Å². The zero-order chi connectivity index (χ0) is 20.4. The highest BCUT2D eigenvalue weighted by molar-refractivity contribution is 5.93. The van der Waals surface area contributed by atoms with Crippen molar-refractivity contribution in [2.24, 2.45) is 0 Å². The number of hydrogen-bond donors (Lipinski definition) is 1. The maximum atomic E-state index is 12.4. The summed E-state index contributed by atoms with van der Waals surface area (Å²) in [5.74, 6) is 1.20. The highest BCUT2D eigenvalue weighted by atomic mass is 16.5. The number of hydrogen-bond acceptors (Lipinski definition) is 5. The van der Waals surface area contributed by atoms with Gasteiger partial charge in [0.1, 0.15) is 0 Å². The summed E-state index contributed by atoms with van der Waals surface area (Å²) >= 11 is 0. The minimum absolute atomic E-state index is 0.161. The lowest BCUT2D eigenvalue weighted by molar-refractivity contribution is 0.0953. The van der Waals surface area contributed by atoms with Gasteiger partial charge in [-0.05, 0) is 44.0 Å². The average molecular weight is 388 g/mol. The summed E-state index contributed by atoms with van der Waals surface area (Å²) < 4.78 is 17.6. The highest BCUT2D eigenvalue weighted by Gasteiger charge is 2.09. The normalized spacial score (nSPS) is 10.5. The maximum Gasteiger partial charge on any atom is 0.252 e. The Morgan fingerprint density at radius 3 is 2.54 bits per heavy atom. The fourth-order valence-corrected chi connectivity index (χ4v) is 2.70. The minimum Gasteiger partial charge on any atom is -0.490 e. The van der Waals surface area contributed by atoms with Crippen LogP contribution in [-0.4, -0.2) is 43.9 Å². The van der Waals surface area contributed by atoms with Gasteiger partial charge in [-0.25, -0.2) is 0 Å². The molecule has 0 unspecified atom stereocenters. The minimum atomic E-state index is -0.220. The summed E-state index contributed by atoms with van der Waals surface area (Å²) in [7, 11) is 1.57. The van der Waals surface area contributed by atoms with Crippen LogP contribution >= 0.6 is 0 Å². The van der Waals surface area contributed by atoms with Gasteiger partial charge in [-0.3, -0.25) is 9.59 Å². The maximum absolute atomic E-state index is 12.4. The Balaban J connectivity index is 1.96. The van der Waals surface area contributed by atoms with Crippen LogP contribution in [0.15, 0.2) is 41.3 Å². The van der Waals surface area contributed by atoms with Crippen LogP contribution in [0.2, 0.25) is 0 Å². The number of ether oxygens (including phenoxy) is 3. The van der Waals surface area contributed by atoms with Gasteiger partial charge in [-0.2, -0.15) is 0 Å². The van der Waals surface area contributed by atoms with Crippen LogP contribution < -0.4 is 20.3 Å². The Bertz CT molecular complexity index is 832. The van der Waals surface area contributed by atoms with Crippen LogP contribution in [0.25, 0.3) is 0 Å². The van der Waals surface area contributed by atoms with E-state index in [-0.39, 0.29) is 11.5 Å². The largest absolute Gasteiger partial charge is 0.490 e. The van der Waals surface area contributed by atoms with Gasteiger partial charge in [-0.1, -0.05) is 6.07 Å². The SMILES string of the molecule is CCOc1ccc(CCNC(=O)c2ccc(=O)n(CCOC)c2)cc1OCC. The third-order valence-corrected chi connectivity index (χ3v) is 4.09. The molecule has 0 fully saturated rings. The van der Waals surface area contributed by atoms with Crippen molar-refractivity contribution < 1.29 is 19.0 Å². The monoisotopic (exact) mass is 388 g/mol. The molecule has 0 aliphatic rings. The van der Waals surface area contributed by atoms with Gasteiger partial charge in [0.25, 0.3) is 11.5 Å². The Morgan fingerprint density at radius 1 is 1.07 bits per heavy atom. The van der Waals surface area contributed by atoms with Crippen LogP contribution in [0.4, 0.5) is 0 Å². The topological polar surface area (TPSA) is 78.8 Å². The lowest BCUT2D eigenvalue weighted by atomic mass is 10.1. The van der Waals surface area contributed by atoms with Gasteiger partial charge in [-0.15, -0.1) is 0 Å². The van der Waals surface area contributed by atoms with Crippen molar-refractivity contribution >= 4 is 5.91 Å². The molecule has 28 heavy (non-hydrogen) atoms. The molecule has 152 valence electrons. The number of nitrogens with one attached hydrogen (secondary N) is 1. The molecular formula is C21H28N2O5. The highest BCUT2D eigenvalue weighted by Crippen LogP contribution is 2.28. The van der Waals surface area contributed by atoms with Crippen LogP contribution in [0.1, 0.15) is 29.8 Å². The van der Waals surface area contributed by atoms with Crippen LogP contribution in [-0.2, 0) is 17.7 Å². The first-order chi connectivity index (χ1) is 13.6. The van der Waals surface area contributed by atoms with Crippen LogP contribution in [0.3, 0.4) is 0 Å². The Morgan fingerprint density at radius 2 is 1.82 bits per heavy atom. The zero-order valence-electron chi connectivity index (χ0n) is 16.7. The molecule has 0 aliphatic heterocycles. The van der Waals surface area contributed by atoms with Gasteiger partial charge in [0.2, 0.25) is 0 Å². The summed E-state index contributed by atoms with van der Waals surface area (Å²) in [6.45, 7) is 6.26. The molecule has 1 N–H and O–H groups in total. The van der Waals surface area contributed by atoms with Crippen molar-refractivity contribution in [3.63, 3.8) is 0 Å². The quantitative estimate of drug-likeness (QED) is 0.639. The first-order valence-corrected chi connectivity index (χ1v) is 9.45. The first-order valence-electron chi connectivity index (χ1n) is 9.45. The van der Waals surface area contributed by atoms with Gasteiger partial charge in [0.15, 0.2) is 11.5 Å². The molecule has 0 radical (unpaired) electrons. The average Bonchev–Trinajstić information content (AvgIpc) is 2.69. The Hall–Kier alpha value is -2.80. The van der Waals surface area contributed by atoms with E-state index in [4.69, 9.17) is 14.2 Å². The number of benzene rings is 1. The van der Waals surface area contributed by atoms with Crippen molar-refractivity contribution in [3.8, 4) is 11.5 Å². The summed E-state index contributed by atoms with van der Waals surface area (Å²) in [5, 5.41) is 2.88. The molecule has 1 aromatic carbocycles. The van der Waals surface area contributed by atoms with Crippen molar-refractivity contribution in [1.29, 1.82) is 0 Å². The number of carbonyl (C=O) groups excluding carboxylic acids is 1. The van der Waals surface area contributed by atoms with E-state index in [2.05, 4.69) is 5.32 Å². The fourth-order valence-electron chi connectivity index (χ4n) is 2.70. The molecule has 1 amide bonds. The second-order valence-electron chi connectivity index (χ2n) is 6.10. The molecule has 0 saturated heterocycles. The van der Waals surface area contributed by atoms with Crippen molar-refractivity contribution in [3.05, 3.63) is 58.0 Å². The fraction of sp³-hybridized carbons (Fsp3) is 0.429. The third-order valence-electron chi connectivity index (χ3n) is 4.09. The molecule has 7 heteroatoms. The van der Waals surface area contributed by atoms with Crippen molar-refractivity contribution in [2.45, 2.75) is 26.8 Å². The van der Waals surface area contributed by atoms with E-state index in [1.54, 1.807) is 13.3 Å². The molecule has 0 saturated carbocycles. The zero-order valence-corrected chi connectivity index (χ0v) is 16.7. The van der Waals surface area contributed by atoms with Gasteiger partial charge in [0, 0.05) is 32.5 Å². The molecule has 7 nitrogen and oxygen atoms in total. The van der Waals surface area contributed by atoms with Gasteiger partial charge < -0.3 is 24.1 Å². The number of aromatic nitrogens is 1. The van der Waals surface area contributed by atoms with Crippen molar-refractivity contribution in [1.82, 2.24) is 9.88 Å².